The summed E-state index contributed by atoms with van der Waals surface area (Å²) in [6.07, 6.45) is 36.6. The number of allylic oxidation sites excluding steroid dienone is 8. The topological polar surface area (TPSA) is 169 Å². The highest BCUT2D eigenvalue weighted by Crippen LogP contribution is 2.43. The molecule has 4 N–H and O–H groups in total. The molecule has 312 valence electrons. The molecular weight excluding hydrogens is 711 g/mol. The van der Waals surface area contributed by atoms with Gasteiger partial charge in [-0.2, -0.15) is 0 Å². The summed E-state index contributed by atoms with van der Waals surface area (Å²) in [5.74, 6) is -1.00. The minimum atomic E-state index is -4.64. The van der Waals surface area contributed by atoms with Crippen LogP contribution in [-0.4, -0.2) is 76.9 Å². The van der Waals surface area contributed by atoms with Gasteiger partial charge in [0.15, 0.2) is 6.10 Å². The maximum atomic E-state index is 12.6. The van der Waals surface area contributed by atoms with E-state index in [0.717, 1.165) is 83.5 Å². The Morgan fingerprint density at radius 3 is 1.85 bits per heavy atom. The molecule has 0 aliphatic heterocycles. The van der Waals surface area contributed by atoms with Crippen molar-refractivity contribution >= 4 is 19.8 Å². The Morgan fingerprint density at radius 2 is 1.22 bits per heavy atom. The van der Waals surface area contributed by atoms with Crippen LogP contribution in [0.5, 0.6) is 0 Å². The quantitative estimate of drug-likeness (QED) is 0.0156. The summed E-state index contributed by atoms with van der Waals surface area (Å²) in [7, 11) is -4.64. The summed E-state index contributed by atoms with van der Waals surface area (Å²) in [6.45, 7) is 2.06. The van der Waals surface area contributed by atoms with Crippen LogP contribution in [0.15, 0.2) is 60.8 Å². The molecule has 0 aromatic rings. The number of carbonyl (C=O) groups excluding carboxylic acids is 2. The van der Waals surface area contributed by atoms with Crippen molar-refractivity contribution in [2.75, 3.05) is 26.4 Å². The van der Waals surface area contributed by atoms with Crippen molar-refractivity contribution < 1.29 is 52.9 Å². The summed E-state index contributed by atoms with van der Waals surface area (Å²) in [6, 6.07) is 0. The van der Waals surface area contributed by atoms with Gasteiger partial charge in [-0.3, -0.25) is 18.6 Å². The van der Waals surface area contributed by atoms with Crippen LogP contribution in [0, 0.1) is 0 Å². The van der Waals surface area contributed by atoms with E-state index in [1.54, 1.807) is 6.08 Å². The second-order valence-corrected chi connectivity index (χ2v) is 14.9. The zero-order chi connectivity index (χ0) is 40.0. The SMILES string of the molecule is CC/C=C/CC(O)/C=C/C=C/CCCCCCCC(=O)O[C@H](COC(=O)CCCCCCC/C=C\C/C=C\CCCCC)COP(=O)(O)OC[C@@H](O)CO. The van der Waals surface area contributed by atoms with Crippen molar-refractivity contribution in [2.45, 2.75) is 167 Å². The summed E-state index contributed by atoms with van der Waals surface area (Å²) in [5.41, 5.74) is 0. The third-order valence-corrected chi connectivity index (χ3v) is 9.19. The van der Waals surface area contributed by atoms with Crippen molar-refractivity contribution in [3.8, 4) is 0 Å². The Bertz CT molecular complexity index is 1100. The molecule has 0 radical (unpaired) electrons. The highest BCUT2D eigenvalue weighted by atomic mass is 31.2. The molecule has 0 amide bonds. The zero-order valence-electron chi connectivity index (χ0n) is 33.3. The number of hydrogen-bond acceptors (Lipinski definition) is 10. The van der Waals surface area contributed by atoms with E-state index in [2.05, 4.69) is 48.8 Å². The molecule has 12 heteroatoms. The number of phosphoric ester groups is 1. The second kappa shape index (κ2) is 37.5. The number of esters is 2. The van der Waals surface area contributed by atoms with Crippen LogP contribution in [0.2, 0.25) is 0 Å². The van der Waals surface area contributed by atoms with Crippen LogP contribution in [0.25, 0.3) is 0 Å². The molecule has 0 saturated heterocycles. The van der Waals surface area contributed by atoms with Crippen LogP contribution in [-0.2, 0) is 32.7 Å². The van der Waals surface area contributed by atoms with Gasteiger partial charge in [-0.1, -0.05) is 126 Å². The molecule has 2 unspecified atom stereocenters. The van der Waals surface area contributed by atoms with Gasteiger partial charge in [-0.05, 0) is 70.6 Å². The highest BCUT2D eigenvalue weighted by molar-refractivity contribution is 7.47. The standard InChI is InChI=1S/C42H73O11P/c1-3-5-7-8-9-10-11-12-13-14-15-18-21-24-28-32-41(46)50-36-40(37-52-54(48,49)51-35-39(45)34-43)53-42(47)33-29-25-22-19-16-17-20-23-27-31-38(44)30-26-6-4-2/h6,9-10,12-13,20,23,26-27,31,38-40,43-45H,3-5,7-8,11,14-19,21-22,24-25,28-30,32-37H2,1-2H3,(H,48,49)/b10-9-,13-12-,23-20+,26-6+,31-27+/t38?,39-,40+/m0/s1. The average molecular weight is 785 g/mol. The van der Waals surface area contributed by atoms with Crippen molar-refractivity contribution in [1.82, 2.24) is 0 Å². The molecular formula is C42H73O11P. The number of ether oxygens (including phenoxy) is 2. The second-order valence-electron chi connectivity index (χ2n) is 13.5. The number of carbonyl (C=O) groups is 2. The lowest BCUT2D eigenvalue weighted by Crippen LogP contribution is -2.29. The van der Waals surface area contributed by atoms with E-state index in [-0.39, 0.29) is 19.4 Å². The maximum Gasteiger partial charge on any atom is 0.472 e. The first kappa shape index (κ1) is 51.6. The third kappa shape index (κ3) is 36.6. The molecule has 0 heterocycles. The van der Waals surface area contributed by atoms with Crippen molar-refractivity contribution in [2.24, 2.45) is 0 Å². The number of hydrogen-bond donors (Lipinski definition) is 4. The van der Waals surface area contributed by atoms with Crippen molar-refractivity contribution in [3.63, 3.8) is 0 Å². The molecule has 0 bridgehead atoms. The molecule has 0 aromatic heterocycles. The third-order valence-electron chi connectivity index (χ3n) is 8.24. The van der Waals surface area contributed by atoms with Crippen LogP contribution in [0.1, 0.15) is 149 Å². The first-order valence-corrected chi connectivity index (χ1v) is 21.8. The van der Waals surface area contributed by atoms with Gasteiger partial charge >= 0.3 is 19.8 Å². The van der Waals surface area contributed by atoms with E-state index >= 15 is 0 Å². The van der Waals surface area contributed by atoms with Gasteiger partial charge in [0.25, 0.3) is 0 Å². The minimum Gasteiger partial charge on any atom is -0.462 e. The number of phosphoric acid groups is 1. The summed E-state index contributed by atoms with van der Waals surface area (Å²) < 4.78 is 32.6. The van der Waals surface area contributed by atoms with Gasteiger partial charge in [0.05, 0.1) is 25.9 Å². The number of unbranched alkanes of at least 4 members (excludes halogenated alkanes) is 13. The Labute approximate surface area is 326 Å². The van der Waals surface area contributed by atoms with Gasteiger partial charge in [-0.25, -0.2) is 4.57 Å². The van der Waals surface area contributed by atoms with Crippen molar-refractivity contribution in [1.29, 1.82) is 0 Å². The van der Waals surface area contributed by atoms with Gasteiger partial charge in [-0.15, -0.1) is 0 Å². The maximum absolute atomic E-state index is 12.6. The van der Waals surface area contributed by atoms with Crippen molar-refractivity contribution in [3.05, 3.63) is 60.8 Å². The Morgan fingerprint density at radius 1 is 0.648 bits per heavy atom. The highest BCUT2D eigenvalue weighted by Gasteiger charge is 2.27. The first-order valence-electron chi connectivity index (χ1n) is 20.4. The van der Waals surface area contributed by atoms with E-state index in [1.165, 1.54) is 19.3 Å². The Kier molecular flexibility index (Phi) is 35.9. The normalized spacial score (nSPS) is 15.1. The number of aliphatic hydroxyl groups excluding tert-OH is 3. The predicted molar refractivity (Wildman–Crippen MR) is 216 cm³/mol. The van der Waals surface area contributed by atoms with Crippen LogP contribution < -0.4 is 0 Å². The fourth-order valence-electron chi connectivity index (χ4n) is 5.06. The molecule has 0 fully saturated rings. The molecule has 54 heavy (non-hydrogen) atoms. The van der Waals surface area contributed by atoms with E-state index in [4.69, 9.17) is 19.1 Å². The van der Waals surface area contributed by atoms with E-state index in [0.29, 0.717) is 19.3 Å². The van der Waals surface area contributed by atoms with Crippen LogP contribution >= 0.6 is 7.82 Å². The molecule has 0 rings (SSSR count). The van der Waals surface area contributed by atoms with Crippen LogP contribution in [0.3, 0.4) is 0 Å². The molecule has 0 spiro atoms. The van der Waals surface area contributed by atoms with Gasteiger partial charge in [0.2, 0.25) is 0 Å². The molecule has 0 aliphatic rings. The Balaban J connectivity index is 4.44. The van der Waals surface area contributed by atoms with E-state index < -0.39 is 57.9 Å². The lowest BCUT2D eigenvalue weighted by Gasteiger charge is -2.20. The summed E-state index contributed by atoms with van der Waals surface area (Å²) >= 11 is 0. The van der Waals surface area contributed by atoms with E-state index in [9.17, 15) is 29.3 Å². The molecule has 0 aliphatic carbocycles. The largest absolute Gasteiger partial charge is 0.472 e. The monoisotopic (exact) mass is 784 g/mol. The fourth-order valence-corrected chi connectivity index (χ4v) is 5.85. The molecule has 11 nitrogen and oxygen atoms in total. The van der Waals surface area contributed by atoms with Gasteiger partial charge in [0, 0.05) is 12.8 Å². The van der Waals surface area contributed by atoms with E-state index in [1.807, 2.05) is 24.3 Å². The zero-order valence-corrected chi connectivity index (χ0v) is 34.2. The number of aliphatic hydroxyl groups is 3. The summed E-state index contributed by atoms with van der Waals surface area (Å²) in [5, 5.41) is 28.2. The fraction of sp³-hybridized carbons (Fsp3) is 0.714. The number of rotatable bonds is 37. The molecule has 0 aromatic carbocycles. The lowest BCUT2D eigenvalue weighted by molar-refractivity contribution is -0.161. The predicted octanol–water partition coefficient (Wildman–Crippen LogP) is 9.30. The Hall–Kier alpha value is -2.37. The summed E-state index contributed by atoms with van der Waals surface area (Å²) in [4.78, 5) is 34.9. The first-order chi connectivity index (χ1) is 26.1. The average Bonchev–Trinajstić information content (AvgIpc) is 3.15. The smallest absolute Gasteiger partial charge is 0.462 e. The van der Waals surface area contributed by atoms with Gasteiger partial charge < -0.3 is 29.7 Å². The molecule has 4 atom stereocenters. The van der Waals surface area contributed by atoms with Crippen LogP contribution in [0.4, 0.5) is 0 Å². The lowest BCUT2D eigenvalue weighted by atomic mass is 10.1. The minimum absolute atomic E-state index is 0.132. The van der Waals surface area contributed by atoms with Gasteiger partial charge in [0.1, 0.15) is 12.7 Å². The molecule has 0 saturated carbocycles.